The largest absolute Gasteiger partial charge is 0.463 e. The normalized spacial score (nSPS) is 21.8. The van der Waals surface area contributed by atoms with E-state index in [4.69, 9.17) is 9.47 Å². The van der Waals surface area contributed by atoms with Crippen molar-refractivity contribution in [2.24, 2.45) is 0 Å². The molecule has 1 aliphatic heterocycles. The summed E-state index contributed by atoms with van der Waals surface area (Å²) in [7, 11) is 0. The summed E-state index contributed by atoms with van der Waals surface area (Å²) in [5.74, 6) is -0.545. The molecular formula is C14H22FNO4. The second kappa shape index (κ2) is 6.72. The van der Waals surface area contributed by atoms with Crippen LogP contribution in [0.5, 0.6) is 0 Å². The number of rotatable bonds is 2. The van der Waals surface area contributed by atoms with Crippen LogP contribution in [0.3, 0.4) is 0 Å². The molecule has 0 N–H and O–H groups in total. The van der Waals surface area contributed by atoms with E-state index >= 15 is 0 Å². The second-order valence-corrected chi connectivity index (χ2v) is 5.62. The first-order chi connectivity index (χ1) is 9.23. The third kappa shape index (κ3) is 5.19. The van der Waals surface area contributed by atoms with E-state index in [9.17, 15) is 14.0 Å². The molecule has 5 nitrogen and oxygen atoms in total. The van der Waals surface area contributed by atoms with Crippen LogP contribution in [0.2, 0.25) is 0 Å². The van der Waals surface area contributed by atoms with E-state index in [1.807, 2.05) is 0 Å². The van der Waals surface area contributed by atoms with Gasteiger partial charge in [-0.3, -0.25) is 0 Å². The molecule has 0 aliphatic carbocycles. The van der Waals surface area contributed by atoms with Crippen molar-refractivity contribution in [3.05, 3.63) is 11.6 Å². The fourth-order valence-electron chi connectivity index (χ4n) is 1.81. The van der Waals surface area contributed by atoms with Gasteiger partial charge in [0.1, 0.15) is 11.8 Å². The molecule has 114 valence electrons. The number of carbonyl (C=O) groups is 2. The maximum Gasteiger partial charge on any atom is 0.410 e. The van der Waals surface area contributed by atoms with E-state index in [1.165, 1.54) is 11.0 Å². The number of esters is 1. The SMILES string of the molecule is CCOC(=O)/C=C1\CCN(C(=O)OC(C)(C)C)CC1F. The Labute approximate surface area is 118 Å². The van der Waals surface area contributed by atoms with Crippen molar-refractivity contribution in [2.75, 3.05) is 19.7 Å². The van der Waals surface area contributed by atoms with Gasteiger partial charge in [0.15, 0.2) is 0 Å². The molecule has 0 saturated carbocycles. The number of ether oxygens (including phenoxy) is 2. The summed E-state index contributed by atoms with van der Waals surface area (Å²) in [4.78, 5) is 24.4. The van der Waals surface area contributed by atoms with E-state index in [-0.39, 0.29) is 13.2 Å². The minimum Gasteiger partial charge on any atom is -0.463 e. The molecule has 0 radical (unpaired) electrons. The van der Waals surface area contributed by atoms with Crippen LogP contribution < -0.4 is 0 Å². The number of likely N-dealkylation sites (tertiary alicyclic amines) is 1. The Morgan fingerprint density at radius 1 is 1.45 bits per heavy atom. The summed E-state index contributed by atoms with van der Waals surface area (Å²) in [6.45, 7) is 7.45. The standard InChI is InChI=1S/C14H22FNO4/c1-5-19-12(17)8-10-6-7-16(9-11(10)15)13(18)20-14(2,3)4/h8,11H,5-7,9H2,1-4H3/b10-8+. The Hall–Kier alpha value is -1.59. The van der Waals surface area contributed by atoms with Crippen molar-refractivity contribution in [1.29, 1.82) is 0 Å². The van der Waals surface area contributed by atoms with Crippen LogP contribution >= 0.6 is 0 Å². The molecule has 1 fully saturated rings. The summed E-state index contributed by atoms with van der Waals surface area (Å²) in [5.41, 5.74) is -0.243. The van der Waals surface area contributed by atoms with Crippen molar-refractivity contribution < 1.29 is 23.5 Å². The number of amides is 1. The van der Waals surface area contributed by atoms with E-state index in [0.29, 0.717) is 18.5 Å². The fourth-order valence-corrected chi connectivity index (χ4v) is 1.81. The molecule has 1 atom stereocenters. The van der Waals surface area contributed by atoms with Crippen molar-refractivity contribution in [2.45, 2.75) is 45.9 Å². The Morgan fingerprint density at radius 3 is 2.60 bits per heavy atom. The zero-order valence-corrected chi connectivity index (χ0v) is 12.4. The molecular weight excluding hydrogens is 265 g/mol. The number of carbonyl (C=O) groups excluding carboxylic acids is 2. The van der Waals surface area contributed by atoms with Gasteiger partial charge in [-0.05, 0) is 39.7 Å². The highest BCUT2D eigenvalue weighted by molar-refractivity contribution is 5.83. The molecule has 0 aromatic rings. The first-order valence-corrected chi connectivity index (χ1v) is 6.72. The van der Waals surface area contributed by atoms with Gasteiger partial charge in [0, 0.05) is 12.6 Å². The molecule has 0 bridgehead atoms. The molecule has 1 rings (SSSR count). The molecule has 1 heterocycles. The lowest BCUT2D eigenvalue weighted by atomic mass is 10.0. The molecule has 1 aliphatic rings. The lowest BCUT2D eigenvalue weighted by Gasteiger charge is -2.32. The van der Waals surface area contributed by atoms with Gasteiger partial charge in [-0.2, -0.15) is 0 Å². The number of piperidine rings is 1. The Morgan fingerprint density at radius 2 is 2.10 bits per heavy atom. The average molecular weight is 287 g/mol. The van der Waals surface area contributed by atoms with Gasteiger partial charge in [0.05, 0.1) is 13.2 Å². The molecule has 1 unspecified atom stereocenters. The van der Waals surface area contributed by atoms with Crippen molar-refractivity contribution in [1.82, 2.24) is 4.90 Å². The van der Waals surface area contributed by atoms with Crippen molar-refractivity contribution in [3.63, 3.8) is 0 Å². The Kier molecular flexibility index (Phi) is 5.53. The van der Waals surface area contributed by atoms with E-state index in [0.717, 1.165) is 0 Å². The third-order valence-electron chi connectivity index (χ3n) is 2.69. The summed E-state index contributed by atoms with van der Waals surface area (Å²) in [6.07, 6.45) is -0.407. The molecule has 0 aromatic carbocycles. The van der Waals surface area contributed by atoms with Crippen LogP contribution in [0.15, 0.2) is 11.6 Å². The van der Waals surface area contributed by atoms with Crippen LogP contribution in [0.1, 0.15) is 34.1 Å². The van der Waals surface area contributed by atoms with Crippen LogP contribution in [-0.2, 0) is 14.3 Å². The molecule has 1 saturated heterocycles. The van der Waals surface area contributed by atoms with Gasteiger partial charge < -0.3 is 14.4 Å². The smallest absolute Gasteiger partial charge is 0.410 e. The van der Waals surface area contributed by atoms with Crippen LogP contribution in [-0.4, -0.2) is 48.4 Å². The van der Waals surface area contributed by atoms with E-state index < -0.39 is 23.8 Å². The van der Waals surface area contributed by atoms with Gasteiger partial charge in [0.25, 0.3) is 0 Å². The van der Waals surface area contributed by atoms with Gasteiger partial charge in [0.2, 0.25) is 0 Å². The Bertz CT molecular complexity index is 400. The molecule has 1 amide bonds. The van der Waals surface area contributed by atoms with Crippen molar-refractivity contribution >= 4 is 12.1 Å². The molecule has 0 spiro atoms. The van der Waals surface area contributed by atoms with Gasteiger partial charge in [-0.1, -0.05) is 0 Å². The van der Waals surface area contributed by atoms with Crippen molar-refractivity contribution in [3.8, 4) is 0 Å². The Balaban J connectivity index is 2.59. The molecule has 6 heteroatoms. The second-order valence-electron chi connectivity index (χ2n) is 5.62. The minimum absolute atomic E-state index is 0.0971. The van der Waals surface area contributed by atoms with E-state index in [1.54, 1.807) is 27.7 Å². The monoisotopic (exact) mass is 287 g/mol. The fraction of sp³-hybridized carbons (Fsp3) is 0.714. The topological polar surface area (TPSA) is 55.8 Å². The summed E-state index contributed by atoms with van der Waals surface area (Å²) in [5, 5.41) is 0. The van der Waals surface area contributed by atoms with Gasteiger partial charge >= 0.3 is 12.1 Å². The summed E-state index contributed by atoms with van der Waals surface area (Å²) < 4.78 is 23.9. The first-order valence-electron chi connectivity index (χ1n) is 6.72. The van der Waals surface area contributed by atoms with Crippen LogP contribution in [0, 0.1) is 0 Å². The zero-order chi connectivity index (χ0) is 15.3. The minimum atomic E-state index is -1.36. The predicted molar refractivity (Wildman–Crippen MR) is 72.0 cm³/mol. The highest BCUT2D eigenvalue weighted by atomic mass is 19.1. The third-order valence-corrected chi connectivity index (χ3v) is 2.69. The maximum absolute atomic E-state index is 14.0. The van der Waals surface area contributed by atoms with Crippen LogP contribution in [0.4, 0.5) is 9.18 Å². The zero-order valence-electron chi connectivity index (χ0n) is 12.4. The van der Waals surface area contributed by atoms with Crippen LogP contribution in [0.25, 0.3) is 0 Å². The number of halogens is 1. The highest BCUT2D eigenvalue weighted by Crippen LogP contribution is 2.21. The average Bonchev–Trinajstić information content (AvgIpc) is 2.29. The van der Waals surface area contributed by atoms with Gasteiger partial charge in [-0.25, -0.2) is 14.0 Å². The summed E-state index contributed by atoms with van der Waals surface area (Å²) >= 11 is 0. The molecule has 20 heavy (non-hydrogen) atoms. The summed E-state index contributed by atoms with van der Waals surface area (Å²) in [6, 6.07) is 0. The lowest BCUT2D eigenvalue weighted by Crippen LogP contribution is -2.44. The predicted octanol–water partition coefficient (Wildman–Crippen LogP) is 2.45. The number of hydrogen-bond acceptors (Lipinski definition) is 4. The quantitative estimate of drug-likeness (QED) is 0.578. The van der Waals surface area contributed by atoms with Gasteiger partial charge in [-0.15, -0.1) is 0 Å². The lowest BCUT2D eigenvalue weighted by molar-refractivity contribution is -0.137. The highest BCUT2D eigenvalue weighted by Gasteiger charge is 2.30. The number of nitrogens with zero attached hydrogens (tertiary/aromatic N) is 1. The maximum atomic E-state index is 14.0. The first kappa shape index (κ1) is 16.5. The molecule has 0 aromatic heterocycles. The van der Waals surface area contributed by atoms with E-state index in [2.05, 4.69) is 0 Å². The number of hydrogen-bond donors (Lipinski definition) is 0. The number of alkyl halides is 1.